The standard InChI is InChI=1S/C16H20ClN3O2/c1-11-12(2)20(16(22)19-11)10-8-15(21)18-9-7-13-5-3-4-6-14(13)17/h3-6H,7-10H2,1-2H3,(H,18,21)(H,19,22). The SMILES string of the molecule is Cc1[nH]c(=O)n(CCC(=O)NCCc2ccccc2Cl)c1C. The van der Waals surface area contributed by atoms with E-state index in [2.05, 4.69) is 10.3 Å². The monoisotopic (exact) mass is 321 g/mol. The fourth-order valence-electron chi connectivity index (χ4n) is 2.28. The summed E-state index contributed by atoms with van der Waals surface area (Å²) in [6.07, 6.45) is 0.966. The van der Waals surface area contributed by atoms with Crippen LogP contribution < -0.4 is 11.0 Å². The van der Waals surface area contributed by atoms with E-state index in [1.54, 1.807) is 4.57 Å². The fraction of sp³-hybridized carbons (Fsp3) is 0.375. The van der Waals surface area contributed by atoms with Crippen molar-refractivity contribution >= 4 is 17.5 Å². The summed E-state index contributed by atoms with van der Waals surface area (Å²) in [5.74, 6) is -0.0720. The average Bonchev–Trinajstić information content (AvgIpc) is 2.72. The summed E-state index contributed by atoms with van der Waals surface area (Å²) in [4.78, 5) is 26.3. The van der Waals surface area contributed by atoms with E-state index in [1.807, 2.05) is 38.1 Å². The molecule has 6 heteroatoms. The van der Waals surface area contributed by atoms with Crippen molar-refractivity contribution in [3.63, 3.8) is 0 Å². The van der Waals surface area contributed by atoms with E-state index in [0.717, 1.165) is 17.0 Å². The second-order valence-corrected chi connectivity index (χ2v) is 5.64. The molecule has 0 unspecified atom stereocenters. The van der Waals surface area contributed by atoms with Crippen LogP contribution in [-0.4, -0.2) is 22.0 Å². The number of aromatic amines is 1. The first kappa shape index (κ1) is 16.4. The van der Waals surface area contributed by atoms with Crippen LogP contribution in [0.5, 0.6) is 0 Å². The third-order valence-electron chi connectivity index (χ3n) is 3.72. The van der Waals surface area contributed by atoms with E-state index in [1.165, 1.54) is 0 Å². The number of carbonyl (C=O) groups excluding carboxylic acids is 1. The normalized spacial score (nSPS) is 10.7. The van der Waals surface area contributed by atoms with Gasteiger partial charge in [-0.3, -0.25) is 9.36 Å². The van der Waals surface area contributed by atoms with Crippen LogP contribution in [0.1, 0.15) is 23.4 Å². The zero-order chi connectivity index (χ0) is 16.1. The van der Waals surface area contributed by atoms with Gasteiger partial charge >= 0.3 is 5.69 Å². The molecule has 0 bridgehead atoms. The van der Waals surface area contributed by atoms with Crippen LogP contribution in [0.4, 0.5) is 0 Å². The van der Waals surface area contributed by atoms with Crippen LogP contribution in [-0.2, 0) is 17.8 Å². The summed E-state index contributed by atoms with van der Waals surface area (Å²) in [6, 6.07) is 7.58. The Kier molecular flexibility index (Phi) is 5.44. The number of hydrogen-bond donors (Lipinski definition) is 2. The second kappa shape index (κ2) is 7.31. The summed E-state index contributed by atoms with van der Waals surface area (Å²) in [5, 5.41) is 3.56. The molecule has 118 valence electrons. The molecular formula is C16H20ClN3O2. The number of H-pyrrole nitrogens is 1. The Hall–Kier alpha value is -2.01. The Morgan fingerprint density at radius 2 is 2.05 bits per heavy atom. The number of hydrogen-bond acceptors (Lipinski definition) is 2. The van der Waals surface area contributed by atoms with Crippen molar-refractivity contribution < 1.29 is 4.79 Å². The van der Waals surface area contributed by atoms with Gasteiger partial charge in [0.1, 0.15) is 0 Å². The molecule has 0 aliphatic rings. The van der Waals surface area contributed by atoms with E-state index >= 15 is 0 Å². The highest BCUT2D eigenvalue weighted by Crippen LogP contribution is 2.14. The maximum atomic E-state index is 11.9. The molecule has 0 spiro atoms. The van der Waals surface area contributed by atoms with Gasteiger partial charge in [0.2, 0.25) is 5.91 Å². The highest BCUT2D eigenvalue weighted by molar-refractivity contribution is 6.31. The lowest BCUT2D eigenvalue weighted by molar-refractivity contribution is -0.121. The number of nitrogens with one attached hydrogen (secondary N) is 2. The molecule has 2 aromatic rings. The molecule has 0 aliphatic heterocycles. The number of benzene rings is 1. The van der Waals surface area contributed by atoms with Crippen molar-refractivity contribution in [3.05, 3.63) is 56.7 Å². The molecule has 1 amide bonds. The minimum absolute atomic E-state index is 0.0720. The first-order valence-electron chi connectivity index (χ1n) is 7.25. The predicted octanol–water partition coefficient (Wildman–Crippen LogP) is 2.20. The van der Waals surface area contributed by atoms with Gasteiger partial charge in [0.05, 0.1) is 0 Å². The van der Waals surface area contributed by atoms with Crippen molar-refractivity contribution in [1.82, 2.24) is 14.9 Å². The first-order chi connectivity index (χ1) is 10.5. The van der Waals surface area contributed by atoms with Crippen LogP contribution in [0.15, 0.2) is 29.1 Å². The molecule has 22 heavy (non-hydrogen) atoms. The molecule has 0 atom stereocenters. The maximum absolute atomic E-state index is 11.9. The van der Waals surface area contributed by atoms with Crippen LogP contribution in [0.3, 0.4) is 0 Å². The number of aryl methyl sites for hydroxylation is 1. The van der Waals surface area contributed by atoms with Crippen molar-refractivity contribution in [1.29, 1.82) is 0 Å². The second-order valence-electron chi connectivity index (χ2n) is 5.23. The van der Waals surface area contributed by atoms with Crippen molar-refractivity contribution in [2.24, 2.45) is 0 Å². The van der Waals surface area contributed by atoms with Crippen LogP contribution in [0.25, 0.3) is 0 Å². The third-order valence-corrected chi connectivity index (χ3v) is 4.09. The van der Waals surface area contributed by atoms with Gasteiger partial charge < -0.3 is 10.3 Å². The van der Waals surface area contributed by atoms with Gasteiger partial charge in [-0.1, -0.05) is 29.8 Å². The molecule has 0 radical (unpaired) electrons. The minimum Gasteiger partial charge on any atom is -0.356 e. The van der Waals surface area contributed by atoms with Gasteiger partial charge in [-0.05, 0) is 31.9 Å². The summed E-state index contributed by atoms with van der Waals surface area (Å²) >= 11 is 6.06. The molecule has 0 aliphatic carbocycles. The average molecular weight is 322 g/mol. The Morgan fingerprint density at radius 3 is 2.68 bits per heavy atom. The van der Waals surface area contributed by atoms with Gasteiger partial charge in [0.15, 0.2) is 0 Å². The Morgan fingerprint density at radius 1 is 1.32 bits per heavy atom. The van der Waals surface area contributed by atoms with E-state index in [-0.39, 0.29) is 18.0 Å². The number of carbonyl (C=O) groups is 1. The number of halogens is 1. The Labute approximate surface area is 134 Å². The molecule has 0 saturated carbocycles. The fourth-order valence-corrected chi connectivity index (χ4v) is 2.51. The predicted molar refractivity (Wildman–Crippen MR) is 87.3 cm³/mol. The molecule has 2 N–H and O–H groups in total. The zero-order valence-corrected chi connectivity index (χ0v) is 13.5. The highest BCUT2D eigenvalue weighted by Gasteiger charge is 2.08. The van der Waals surface area contributed by atoms with E-state index in [0.29, 0.717) is 24.5 Å². The summed E-state index contributed by atoms with van der Waals surface area (Å²) in [7, 11) is 0. The number of nitrogens with zero attached hydrogens (tertiary/aromatic N) is 1. The number of aromatic nitrogens is 2. The lowest BCUT2D eigenvalue weighted by Gasteiger charge is -2.07. The van der Waals surface area contributed by atoms with Crippen LogP contribution in [0, 0.1) is 13.8 Å². The molecule has 0 fully saturated rings. The van der Waals surface area contributed by atoms with Crippen molar-refractivity contribution in [2.45, 2.75) is 33.2 Å². The quantitative estimate of drug-likeness (QED) is 0.856. The molecular weight excluding hydrogens is 302 g/mol. The minimum atomic E-state index is -0.168. The zero-order valence-electron chi connectivity index (χ0n) is 12.8. The molecule has 1 heterocycles. The highest BCUT2D eigenvalue weighted by atomic mass is 35.5. The topological polar surface area (TPSA) is 66.9 Å². The smallest absolute Gasteiger partial charge is 0.325 e. The van der Waals surface area contributed by atoms with Gasteiger partial charge in [-0.2, -0.15) is 0 Å². The summed E-state index contributed by atoms with van der Waals surface area (Å²) in [5.41, 5.74) is 2.55. The van der Waals surface area contributed by atoms with Gasteiger partial charge in [0, 0.05) is 35.9 Å². The molecule has 5 nitrogen and oxygen atoms in total. The van der Waals surface area contributed by atoms with Gasteiger partial charge in [0.25, 0.3) is 0 Å². The number of amides is 1. The summed E-state index contributed by atoms with van der Waals surface area (Å²) in [6.45, 7) is 4.62. The van der Waals surface area contributed by atoms with E-state index in [9.17, 15) is 9.59 Å². The number of imidazole rings is 1. The maximum Gasteiger partial charge on any atom is 0.325 e. The van der Waals surface area contributed by atoms with E-state index < -0.39 is 0 Å². The first-order valence-corrected chi connectivity index (χ1v) is 7.63. The van der Waals surface area contributed by atoms with Gasteiger partial charge in [-0.25, -0.2) is 4.79 Å². The lowest BCUT2D eigenvalue weighted by atomic mass is 10.1. The Bertz CT molecular complexity index is 718. The van der Waals surface area contributed by atoms with E-state index in [4.69, 9.17) is 11.6 Å². The van der Waals surface area contributed by atoms with Crippen molar-refractivity contribution in [2.75, 3.05) is 6.54 Å². The van der Waals surface area contributed by atoms with Crippen LogP contribution >= 0.6 is 11.6 Å². The molecule has 1 aromatic carbocycles. The third kappa shape index (κ3) is 4.01. The van der Waals surface area contributed by atoms with Gasteiger partial charge in [-0.15, -0.1) is 0 Å². The van der Waals surface area contributed by atoms with Crippen molar-refractivity contribution in [3.8, 4) is 0 Å². The molecule has 0 saturated heterocycles. The largest absolute Gasteiger partial charge is 0.356 e. The molecule has 2 rings (SSSR count). The molecule has 1 aromatic heterocycles. The van der Waals surface area contributed by atoms with Crippen LogP contribution in [0.2, 0.25) is 5.02 Å². The number of rotatable bonds is 6. The lowest BCUT2D eigenvalue weighted by Crippen LogP contribution is -2.28. The Balaban J connectivity index is 1.79. The summed E-state index contributed by atoms with van der Waals surface area (Å²) < 4.78 is 1.59.